The molecule has 160 valence electrons. The van der Waals surface area contributed by atoms with Gasteiger partial charge in [-0.15, -0.1) is 6.58 Å². The third kappa shape index (κ3) is 4.50. The van der Waals surface area contributed by atoms with Crippen LogP contribution in [0.25, 0.3) is 16.6 Å². The molecule has 0 atom stereocenters. The second-order valence-electron chi connectivity index (χ2n) is 7.30. The Balaban J connectivity index is 1.71. The van der Waals surface area contributed by atoms with Crippen LogP contribution >= 0.6 is 11.8 Å². The van der Waals surface area contributed by atoms with Crippen molar-refractivity contribution in [1.29, 1.82) is 0 Å². The van der Waals surface area contributed by atoms with E-state index in [2.05, 4.69) is 6.58 Å². The average Bonchev–Trinajstić information content (AvgIpc) is 2.82. The maximum Gasteiger partial charge on any atom is 0.266 e. The molecule has 0 aliphatic heterocycles. The van der Waals surface area contributed by atoms with Crippen LogP contribution in [0.3, 0.4) is 0 Å². The zero-order valence-corrected chi connectivity index (χ0v) is 18.6. The van der Waals surface area contributed by atoms with Gasteiger partial charge in [0.05, 0.1) is 22.3 Å². The number of benzene rings is 3. The fourth-order valence-corrected chi connectivity index (χ4v) is 4.31. The van der Waals surface area contributed by atoms with E-state index in [0.29, 0.717) is 22.6 Å². The molecule has 3 aromatic carbocycles. The highest BCUT2D eigenvalue weighted by Gasteiger charge is 2.18. The Morgan fingerprint density at radius 3 is 2.44 bits per heavy atom. The van der Waals surface area contributed by atoms with Crippen LogP contribution in [-0.4, -0.2) is 27.8 Å². The molecule has 0 radical (unpaired) electrons. The molecule has 0 N–H and O–H groups in total. The molecule has 32 heavy (non-hydrogen) atoms. The highest BCUT2D eigenvalue weighted by Crippen LogP contribution is 2.23. The second-order valence-corrected chi connectivity index (χ2v) is 8.25. The first kappa shape index (κ1) is 21.6. The summed E-state index contributed by atoms with van der Waals surface area (Å²) in [6.45, 7) is 6.17. The van der Waals surface area contributed by atoms with Crippen LogP contribution in [-0.2, 0) is 4.79 Å². The number of thioether (sulfide) groups is 1. The highest BCUT2D eigenvalue weighted by atomic mass is 32.2. The summed E-state index contributed by atoms with van der Waals surface area (Å²) in [5.74, 6) is 0.0540. The summed E-state index contributed by atoms with van der Waals surface area (Å²) >= 11 is 1.26. The summed E-state index contributed by atoms with van der Waals surface area (Å²) in [6, 6.07) is 24.5. The van der Waals surface area contributed by atoms with E-state index in [1.165, 1.54) is 11.8 Å². The number of amides is 1. The van der Waals surface area contributed by atoms with E-state index in [4.69, 9.17) is 4.98 Å². The minimum atomic E-state index is -0.152. The second kappa shape index (κ2) is 9.66. The largest absolute Gasteiger partial charge is 0.308 e. The molecule has 0 saturated carbocycles. The van der Waals surface area contributed by atoms with Crippen molar-refractivity contribution in [3.63, 3.8) is 0 Å². The maximum atomic E-state index is 13.3. The Kier molecular flexibility index (Phi) is 6.52. The molecule has 1 amide bonds. The van der Waals surface area contributed by atoms with Crippen molar-refractivity contribution in [3.8, 4) is 5.69 Å². The Morgan fingerprint density at radius 2 is 1.72 bits per heavy atom. The van der Waals surface area contributed by atoms with Crippen LogP contribution < -0.4 is 10.5 Å². The number of aryl methyl sites for hydroxylation is 1. The molecular formula is C26H23N3O2S. The highest BCUT2D eigenvalue weighted by molar-refractivity contribution is 7.99. The van der Waals surface area contributed by atoms with Gasteiger partial charge in [0.15, 0.2) is 5.16 Å². The smallest absolute Gasteiger partial charge is 0.266 e. The van der Waals surface area contributed by atoms with Gasteiger partial charge in [0.1, 0.15) is 0 Å². The van der Waals surface area contributed by atoms with Crippen molar-refractivity contribution < 1.29 is 4.79 Å². The van der Waals surface area contributed by atoms with Crippen LogP contribution in [0.4, 0.5) is 5.69 Å². The van der Waals surface area contributed by atoms with Crippen LogP contribution in [0.15, 0.2) is 101 Å². The number of anilines is 1. The Hall–Kier alpha value is -3.64. The van der Waals surface area contributed by atoms with Gasteiger partial charge in [-0.1, -0.05) is 65.9 Å². The van der Waals surface area contributed by atoms with Crippen LogP contribution in [0.5, 0.6) is 0 Å². The SMILES string of the molecule is C=CCN(C(=O)CSc1nc2ccccc2c(=O)n1-c1ccc(C)cc1)c1ccccc1. The molecule has 0 saturated heterocycles. The van der Waals surface area contributed by atoms with Gasteiger partial charge in [-0.3, -0.25) is 14.2 Å². The van der Waals surface area contributed by atoms with E-state index < -0.39 is 0 Å². The lowest BCUT2D eigenvalue weighted by Crippen LogP contribution is -2.32. The van der Waals surface area contributed by atoms with Gasteiger partial charge < -0.3 is 4.90 Å². The van der Waals surface area contributed by atoms with Crippen LogP contribution in [0, 0.1) is 6.92 Å². The number of hydrogen-bond acceptors (Lipinski definition) is 4. The van der Waals surface area contributed by atoms with Crippen molar-refractivity contribution in [2.75, 3.05) is 17.2 Å². The molecule has 0 bridgehead atoms. The lowest BCUT2D eigenvalue weighted by Gasteiger charge is -2.21. The zero-order valence-electron chi connectivity index (χ0n) is 17.8. The number of fused-ring (bicyclic) bond motifs is 1. The molecule has 6 heteroatoms. The fraction of sp³-hybridized carbons (Fsp3) is 0.115. The van der Waals surface area contributed by atoms with Gasteiger partial charge >= 0.3 is 0 Å². The monoisotopic (exact) mass is 441 g/mol. The van der Waals surface area contributed by atoms with E-state index in [-0.39, 0.29) is 17.2 Å². The third-order valence-corrected chi connectivity index (χ3v) is 5.97. The summed E-state index contributed by atoms with van der Waals surface area (Å²) in [4.78, 5) is 32.8. The number of rotatable bonds is 7. The van der Waals surface area contributed by atoms with E-state index >= 15 is 0 Å². The number of carbonyl (C=O) groups excluding carboxylic acids is 1. The standard InChI is InChI=1S/C26H23N3O2S/c1-3-17-28(20-9-5-4-6-10-20)24(30)18-32-26-27-23-12-8-7-11-22(23)25(31)29(26)21-15-13-19(2)14-16-21/h3-16H,1,17-18H2,2H3. The predicted octanol–water partition coefficient (Wildman–Crippen LogP) is 5.01. The normalized spacial score (nSPS) is 10.8. The Labute approximate surface area is 191 Å². The minimum Gasteiger partial charge on any atom is -0.308 e. The van der Waals surface area contributed by atoms with Gasteiger partial charge in [-0.2, -0.15) is 0 Å². The molecular weight excluding hydrogens is 418 g/mol. The summed E-state index contributed by atoms with van der Waals surface area (Å²) in [6.07, 6.45) is 1.70. The molecule has 1 heterocycles. The van der Waals surface area contributed by atoms with Gasteiger partial charge in [-0.25, -0.2) is 4.98 Å². The Morgan fingerprint density at radius 1 is 1.03 bits per heavy atom. The van der Waals surface area contributed by atoms with Crippen molar-refractivity contribution >= 4 is 34.3 Å². The average molecular weight is 442 g/mol. The third-order valence-electron chi connectivity index (χ3n) is 5.04. The lowest BCUT2D eigenvalue weighted by atomic mass is 10.2. The quantitative estimate of drug-likeness (QED) is 0.230. The van der Waals surface area contributed by atoms with Crippen molar-refractivity contribution in [1.82, 2.24) is 9.55 Å². The van der Waals surface area contributed by atoms with Crippen LogP contribution in [0.2, 0.25) is 0 Å². The number of para-hydroxylation sites is 2. The van der Waals surface area contributed by atoms with E-state index in [1.54, 1.807) is 21.6 Å². The van der Waals surface area contributed by atoms with Crippen molar-refractivity contribution in [2.45, 2.75) is 12.1 Å². The van der Waals surface area contributed by atoms with E-state index in [0.717, 1.165) is 16.9 Å². The molecule has 0 unspecified atom stereocenters. The van der Waals surface area contributed by atoms with Crippen LogP contribution in [0.1, 0.15) is 5.56 Å². The first-order chi connectivity index (χ1) is 15.6. The molecule has 0 fully saturated rings. The summed E-state index contributed by atoms with van der Waals surface area (Å²) in [5.41, 5.74) is 3.09. The lowest BCUT2D eigenvalue weighted by molar-refractivity contribution is -0.116. The van der Waals surface area contributed by atoms with Gasteiger partial charge in [-0.05, 0) is 43.3 Å². The van der Waals surface area contributed by atoms with E-state index in [1.807, 2.05) is 79.7 Å². The summed E-state index contributed by atoms with van der Waals surface area (Å²) in [7, 11) is 0. The molecule has 0 aliphatic rings. The predicted molar refractivity (Wildman–Crippen MR) is 132 cm³/mol. The minimum absolute atomic E-state index is 0.0843. The Bertz CT molecular complexity index is 1310. The summed E-state index contributed by atoms with van der Waals surface area (Å²) < 4.78 is 1.58. The van der Waals surface area contributed by atoms with E-state index in [9.17, 15) is 9.59 Å². The zero-order chi connectivity index (χ0) is 22.5. The van der Waals surface area contributed by atoms with Crippen molar-refractivity contribution in [3.05, 3.63) is 107 Å². The van der Waals surface area contributed by atoms with Gasteiger partial charge in [0, 0.05) is 12.2 Å². The number of aromatic nitrogens is 2. The first-order valence-electron chi connectivity index (χ1n) is 10.3. The first-order valence-corrected chi connectivity index (χ1v) is 11.2. The number of carbonyl (C=O) groups is 1. The number of nitrogens with zero attached hydrogens (tertiary/aromatic N) is 3. The molecule has 4 aromatic rings. The number of hydrogen-bond donors (Lipinski definition) is 0. The topological polar surface area (TPSA) is 55.2 Å². The fourth-order valence-electron chi connectivity index (χ4n) is 3.42. The molecule has 1 aromatic heterocycles. The molecule has 5 nitrogen and oxygen atoms in total. The van der Waals surface area contributed by atoms with Crippen molar-refractivity contribution in [2.24, 2.45) is 0 Å². The van der Waals surface area contributed by atoms with Gasteiger partial charge in [0.2, 0.25) is 5.91 Å². The van der Waals surface area contributed by atoms with Gasteiger partial charge in [0.25, 0.3) is 5.56 Å². The molecule has 4 rings (SSSR count). The summed E-state index contributed by atoms with van der Waals surface area (Å²) in [5, 5.41) is 1.03. The maximum absolute atomic E-state index is 13.3. The molecule has 0 aliphatic carbocycles. The molecule has 0 spiro atoms.